The van der Waals surface area contributed by atoms with E-state index in [9.17, 15) is 0 Å². The maximum absolute atomic E-state index is 6.03. The molecular formula is C14H21BrClN. The molecule has 0 spiro atoms. The first-order valence-electron chi connectivity index (χ1n) is 5.87. The average Bonchev–Trinajstić information content (AvgIpc) is 2.27. The van der Waals surface area contributed by atoms with E-state index in [1.807, 2.05) is 18.2 Å². The van der Waals surface area contributed by atoms with Gasteiger partial charge in [-0.15, -0.1) is 0 Å². The van der Waals surface area contributed by atoms with Crippen molar-refractivity contribution in [3.63, 3.8) is 0 Å². The van der Waals surface area contributed by atoms with Crippen molar-refractivity contribution < 1.29 is 0 Å². The zero-order chi connectivity index (χ0) is 13.1. The summed E-state index contributed by atoms with van der Waals surface area (Å²) in [7, 11) is 2.16. The fourth-order valence-corrected chi connectivity index (χ4v) is 2.25. The molecule has 3 heteroatoms. The predicted molar refractivity (Wildman–Crippen MR) is 80.1 cm³/mol. The van der Waals surface area contributed by atoms with Gasteiger partial charge in [0.2, 0.25) is 0 Å². The summed E-state index contributed by atoms with van der Waals surface area (Å²) in [6, 6.07) is 8.49. The lowest BCUT2D eigenvalue weighted by Gasteiger charge is -2.33. The molecule has 1 aromatic carbocycles. The first kappa shape index (κ1) is 15.0. The maximum Gasteiger partial charge on any atom is 0.0409 e. The molecule has 0 aliphatic carbocycles. The summed E-state index contributed by atoms with van der Waals surface area (Å²) in [4.78, 5) is 2.37. The van der Waals surface area contributed by atoms with Gasteiger partial charge in [0.15, 0.2) is 0 Å². The number of hydrogen-bond donors (Lipinski definition) is 0. The van der Waals surface area contributed by atoms with Crippen LogP contribution in [0.15, 0.2) is 24.3 Å². The van der Waals surface area contributed by atoms with E-state index in [-0.39, 0.29) is 5.41 Å². The number of benzene rings is 1. The quantitative estimate of drug-likeness (QED) is 0.708. The number of rotatable bonds is 5. The van der Waals surface area contributed by atoms with Crippen LogP contribution in [0.3, 0.4) is 0 Å². The maximum atomic E-state index is 6.03. The highest BCUT2D eigenvalue weighted by Gasteiger charge is 2.22. The second-order valence-electron chi connectivity index (χ2n) is 5.44. The van der Waals surface area contributed by atoms with E-state index in [1.165, 1.54) is 5.56 Å². The molecule has 0 heterocycles. The lowest BCUT2D eigenvalue weighted by molar-refractivity contribution is 0.186. The second-order valence-corrected chi connectivity index (χ2v) is 6.44. The zero-order valence-electron chi connectivity index (χ0n) is 11.0. The van der Waals surface area contributed by atoms with E-state index >= 15 is 0 Å². The van der Waals surface area contributed by atoms with Gasteiger partial charge in [-0.05, 0) is 37.1 Å². The molecule has 0 aromatic heterocycles. The Kier molecular flexibility index (Phi) is 5.49. The molecule has 1 atom stereocenters. The normalized spacial score (nSPS) is 14.1. The summed E-state index contributed by atoms with van der Waals surface area (Å²) in [6.45, 7) is 7.80. The van der Waals surface area contributed by atoms with Crippen LogP contribution in [-0.4, -0.2) is 23.8 Å². The van der Waals surface area contributed by atoms with Crippen molar-refractivity contribution in [3.05, 3.63) is 34.9 Å². The molecule has 1 unspecified atom stereocenters. The first-order valence-corrected chi connectivity index (χ1v) is 7.37. The Balaban J connectivity index is 2.73. The minimum absolute atomic E-state index is 0.279. The minimum atomic E-state index is 0.279. The van der Waals surface area contributed by atoms with Crippen molar-refractivity contribution in [2.75, 3.05) is 18.9 Å². The topological polar surface area (TPSA) is 3.24 Å². The van der Waals surface area contributed by atoms with Crippen molar-refractivity contribution >= 4 is 27.5 Å². The smallest absolute Gasteiger partial charge is 0.0409 e. The largest absolute Gasteiger partial charge is 0.299 e. The molecule has 17 heavy (non-hydrogen) atoms. The molecule has 0 saturated carbocycles. The summed E-state index contributed by atoms with van der Waals surface area (Å²) in [6.07, 6.45) is 0. The van der Waals surface area contributed by atoms with Crippen molar-refractivity contribution in [1.82, 2.24) is 4.90 Å². The van der Waals surface area contributed by atoms with E-state index in [4.69, 9.17) is 11.6 Å². The molecule has 0 amide bonds. The van der Waals surface area contributed by atoms with Gasteiger partial charge in [0.1, 0.15) is 0 Å². The number of alkyl halides is 1. The molecule has 1 nitrogen and oxygen atoms in total. The van der Waals surface area contributed by atoms with E-state index < -0.39 is 0 Å². The lowest BCUT2D eigenvalue weighted by Crippen LogP contribution is -2.34. The average molecular weight is 319 g/mol. The van der Waals surface area contributed by atoms with Gasteiger partial charge in [0.25, 0.3) is 0 Å². The van der Waals surface area contributed by atoms with Crippen molar-refractivity contribution in [2.45, 2.75) is 26.8 Å². The third kappa shape index (κ3) is 4.61. The third-order valence-corrected chi connectivity index (χ3v) is 4.78. The summed E-state index contributed by atoms with van der Waals surface area (Å²) < 4.78 is 0. The van der Waals surface area contributed by atoms with Crippen LogP contribution in [0, 0.1) is 5.41 Å². The Bertz CT molecular complexity index is 365. The van der Waals surface area contributed by atoms with E-state index in [2.05, 4.69) is 54.7 Å². The molecule has 0 bridgehead atoms. The lowest BCUT2D eigenvalue weighted by atomic mass is 9.94. The predicted octanol–water partition coefficient (Wildman–Crippen LogP) is 4.75. The van der Waals surface area contributed by atoms with Crippen LogP contribution < -0.4 is 0 Å². The van der Waals surface area contributed by atoms with Crippen molar-refractivity contribution in [1.29, 1.82) is 0 Å². The van der Waals surface area contributed by atoms with Crippen LogP contribution in [0.25, 0.3) is 0 Å². The Morgan fingerprint density at radius 3 is 2.59 bits per heavy atom. The van der Waals surface area contributed by atoms with Crippen molar-refractivity contribution in [3.8, 4) is 0 Å². The number of halogens is 2. The molecule has 0 radical (unpaired) electrons. The highest BCUT2D eigenvalue weighted by atomic mass is 79.9. The van der Waals surface area contributed by atoms with Crippen LogP contribution in [0.4, 0.5) is 0 Å². The minimum Gasteiger partial charge on any atom is -0.299 e. The fourth-order valence-electron chi connectivity index (χ4n) is 1.88. The van der Waals surface area contributed by atoms with Gasteiger partial charge in [-0.25, -0.2) is 0 Å². The van der Waals surface area contributed by atoms with Crippen LogP contribution >= 0.6 is 27.5 Å². The van der Waals surface area contributed by atoms with Crippen LogP contribution in [-0.2, 0) is 0 Å². The molecule has 1 aromatic rings. The van der Waals surface area contributed by atoms with Gasteiger partial charge in [-0.1, -0.05) is 53.5 Å². The third-order valence-electron chi connectivity index (χ3n) is 3.03. The summed E-state index contributed by atoms with van der Waals surface area (Å²) in [5, 5.41) is 1.81. The highest BCUT2D eigenvalue weighted by molar-refractivity contribution is 9.09. The fraction of sp³-hybridized carbons (Fsp3) is 0.571. The van der Waals surface area contributed by atoms with Crippen LogP contribution in [0.5, 0.6) is 0 Å². The van der Waals surface area contributed by atoms with Gasteiger partial charge in [0, 0.05) is 22.9 Å². The van der Waals surface area contributed by atoms with Gasteiger partial charge >= 0.3 is 0 Å². The first-order chi connectivity index (χ1) is 7.85. The van der Waals surface area contributed by atoms with Gasteiger partial charge in [-0.3, -0.25) is 4.90 Å². The van der Waals surface area contributed by atoms with E-state index in [0.717, 1.165) is 16.9 Å². The van der Waals surface area contributed by atoms with E-state index in [0.29, 0.717) is 6.04 Å². The highest BCUT2D eigenvalue weighted by Crippen LogP contribution is 2.26. The number of hydrogen-bond acceptors (Lipinski definition) is 1. The molecule has 0 aliphatic heterocycles. The summed E-state index contributed by atoms with van der Waals surface area (Å²) in [5.41, 5.74) is 1.55. The van der Waals surface area contributed by atoms with Crippen molar-refractivity contribution in [2.24, 2.45) is 5.41 Å². The Labute approximate surface area is 118 Å². The second kappa shape index (κ2) is 6.21. The molecular weight excluding hydrogens is 298 g/mol. The summed E-state index contributed by atoms with van der Waals surface area (Å²) >= 11 is 9.60. The monoisotopic (exact) mass is 317 g/mol. The van der Waals surface area contributed by atoms with Crippen LogP contribution in [0.1, 0.15) is 32.4 Å². The molecule has 0 aliphatic rings. The molecule has 1 rings (SSSR count). The van der Waals surface area contributed by atoms with Crippen LogP contribution in [0.2, 0.25) is 5.02 Å². The van der Waals surface area contributed by atoms with Gasteiger partial charge in [-0.2, -0.15) is 0 Å². The SMILES string of the molecule is CC(c1cccc(Cl)c1)N(C)CC(C)(C)CBr. The Hall–Kier alpha value is -0.0500. The van der Waals surface area contributed by atoms with Gasteiger partial charge < -0.3 is 0 Å². The Morgan fingerprint density at radius 1 is 1.41 bits per heavy atom. The zero-order valence-corrected chi connectivity index (χ0v) is 13.3. The standard InChI is InChI=1S/C14H21BrClN/c1-11(12-6-5-7-13(16)8-12)17(4)10-14(2,3)9-15/h5-8,11H,9-10H2,1-4H3. The van der Waals surface area contributed by atoms with E-state index in [1.54, 1.807) is 0 Å². The summed E-state index contributed by atoms with van der Waals surface area (Å²) in [5.74, 6) is 0. The number of nitrogens with zero attached hydrogens (tertiary/aromatic N) is 1. The Morgan fingerprint density at radius 2 is 2.06 bits per heavy atom. The molecule has 0 N–H and O–H groups in total. The molecule has 0 fully saturated rings. The molecule has 0 saturated heterocycles. The molecule has 96 valence electrons. The van der Waals surface area contributed by atoms with Gasteiger partial charge in [0.05, 0.1) is 0 Å².